The summed E-state index contributed by atoms with van der Waals surface area (Å²) in [5.41, 5.74) is 0.400. The lowest BCUT2D eigenvalue weighted by Gasteiger charge is -2.08. The molecule has 0 bridgehead atoms. The van der Waals surface area contributed by atoms with E-state index in [1.807, 2.05) is 13.0 Å². The number of nitriles is 1. The van der Waals surface area contributed by atoms with Gasteiger partial charge in [-0.25, -0.2) is 0 Å². The van der Waals surface area contributed by atoms with Gasteiger partial charge in [-0.15, -0.1) is 4.98 Å². The number of rotatable bonds is 5. The Morgan fingerprint density at radius 3 is 2.65 bits per heavy atom. The number of nitrogens with one attached hydrogen (secondary N) is 1. The molecule has 2 rings (SSSR count). The monoisotopic (exact) mass is 271 g/mol. The van der Waals surface area contributed by atoms with Crippen LogP contribution in [0.3, 0.4) is 0 Å². The Hall–Kier alpha value is -2.88. The molecular formula is C13H13N5O2. The van der Waals surface area contributed by atoms with Crippen molar-refractivity contribution in [1.82, 2.24) is 15.0 Å². The Balaban J connectivity index is 2.33. The summed E-state index contributed by atoms with van der Waals surface area (Å²) >= 11 is 0. The summed E-state index contributed by atoms with van der Waals surface area (Å²) in [7, 11) is 1.46. The zero-order chi connectivity index (χ0) is 14.4. The van der Waals surface area contributed by atoms with E-state index in [-0.39, 0.29) is 12.0 Å². The van der Waals surface area contributed by atoms with E-state index >= 15 is 0 Å². The van der Waals surface area contributed by atoms with E-state index in [2.05, 4.69) is 20.3 Å². The van der Waals surface area contributed by atoms with Crippen LogP contribution in [-0.4, -0.2) is 28.6 Å². The van der Waals surface area contributed by atoms with Crippen molar-refractivity contribution >= 4 is 5.95 Å². The number of benzene rings is 1. The molecule has 0 aliphatic rings. The third-order valence-corrected chi connectivity index (χ3v) is 2.32. The SMILES string of the molecule is CCNc1nc(OC)nc(Oc2ccccc2C#N)n1. The average Bonchev–Trinajstić information content (AvgIpc) is 2.48. The summed E-state index contributed by atoms with van der Waals surface area (Å²) in [6.07, 6.45) is 0. The molecule has 7 nitrogen and oxygen atoms in total. The molecule has 0 aliphatic heterocycles. The predicted molar refractivity (Wildman–Crippen MR) is 71.8 cm³/mol. The van der Waals surface area contributed by atoms with E-state index in [0.717, 1.165) is 0 Å². The van der Waals surface area contributed by atoms with Crippen molar-refractivity contribution in [3.63, 3.8) is 0 Å². The summed E-state index contributed by atoms with van der Waals surface area (Å²) in [6, 6.07) is 9.08. The summed E-state index contributed by atoms with van der Waals surface area (Å²) in [4.78, 5) is 12.1. The number of nitrogens with zero attached hydrogens (tertiary/aromatic N) is 4. The third kappa shape index (κ3) is 3.11. The van der Waals surface area contributed by atoms with Crippen molar-refractivity contribution in [2.24, 2.45) is 0 Å². The number of aromatic nitrogens is 3. The lowest BCUT2D eigenvalue weighted by atomic mass is 10.2. The van der Waals surface area contributed by atoms with Gasteiger partial charge in [0.15, 0.2) is 0 Å². The molecule has 0 amide bonds. The highest BCUT2D eigenvalue weighted by molar-refractivity contribution is 5.44. The zero-order valence-corrected chi connectivity index (χ0v) is 11.1. The molecular weight excluding hydrogens is 258 g/mol. The van der Waals surface area contributed by atoms with Crippen LogP contribution in [0.5, 0.6) is 17.8 Å². The fraction of sp³-hybridized carbons (Fsp3) is 0.231. The topological polar surface area (TPSA) is 93.0 Å². The molecule has 0 unspecified atom stereocenters. The van der Waals surface area contributed by atoms with Gasteiger partial charge in [-0.3, -0.25) is 0 Å². The van der Waals surface area contributed by atoms with Crippen LogP contribution in [0.2, 0.25) is 0 Å². The molecule has 0 spiro atoms. The summed E-state index contributed by atoms with van der Waals surface area (Å²) in [5.74, 6) is 0.731. The predicted octanol–water partition coefficient (Wildman–Crippen LogP) is 1.98. The quantitative estimate of drug-likeness (QED) is 0.888. The minimum atomic E-state index is 0.0653. The molecule has 1 N–H and O–H groups in total. The van der Waals surface area contributed by atoms with E-state index in [4.69, 9.17) is 14.7 Å². The Bertz CT molecular complexity index is 639. The van der Waals surface area contributed by atoms with E-state index in [0.29, 0.717) is 23.8 Å². The van der Waals surface area contributed by atoms with Crippen molar-refractivity contribution in [2.45, 2.75) is 6.92 Å². The van der Waals surface area contributed by atoms with Gasteiger partial charge >= 0.3 is 12.0 Å². The first-order valence-corrected chi connectivity index (χ1v) is 5.97. The van der Waals surface area contributed by atoms with Crippen LogP contribution >= 0.6 is 0 Å². The first-order valence-electron chi connectivity index (χ1n) is 5.97. The third-order valence-electron chi connectivity index (χ3n) is 2.32. The first-order chi connectivity index (χ1) is 9.76. The van der Waals surface area contributed by atoms with Gasteiger partial charge in [0, 0.05) is 6.54 Å². The van der Waals surface area contributed by atoms with Gasteiger partial charge in [-0.2, -0.15) is 15.2 Å². The molecule has 1 heterocycles. The molecule has 7 heteroatoms. The summed E-state index contributed by atoms with van der Waals surface area (Å²) < 4.78 is 10.5. The molecule has 102 valence electrons. The zero-order valence-electron chi connectivity index (χ0n) is 11.1. The summed E-state index contributed by atoms with van der Waals surface area (Å²) in [6.45, 7) is 2.57. The Morgan fingerprint density at radius 1 is 1.20 bits per heavy atom. The molecule has 0 radical (unpaired) electrons. The van der Waals surface area contributed by atoms with Crippen LogP contribution in [0.4, 0.5) is 5.95 Å². The second-order valence-electron chi connectivity index (χ2n) is 3.67. The van der Waals surface area contributed by atoms with Crippen LogP contribution in [0.15, 0.2) is 24.3 Å². The lowest BCUT2D eigenvalue weighted by molar-refractivity contribution is 0.360. The smallest absolute Gasteiger partial charge is 0.330 e. The maximum Gasteiger partial charge on any atom is 0.330 e. The lowest BCUT2D eigenvalue weighted by Crippen LogP contribution is -2.06. The van der Waals surface area contributed by atoms with Crippen molar-refractivity contribution in [1.29, 1.82) is 5.26 Å². The van der Waals surface area contributed by atoms with Gasteiger partial charge in [0.25, 0.3) is 0 Å². The molecule has 0 fully saturated rings. The maximum atomic E-state index is 9.02. The fourth-order valence-electron chi connectivity index (χ4n) is 1.46. The van der Waals surface area contributed by atoms with Crippen LogP contribution in [0.1, 0.15) is 12.5 Å². The minimum absolute atomic E-state index is 0.0653. The maximum absolute atomic E-state index is 9.02. The molecule has 20 heavy (non-hydrogen) atoms. The van der Waals surface area contributed by atoms with Gasteiger partial charge in [0.1, 0.15) is 11.8 Å². The van der Waals surface area contributed by atoms with E-state index < -0.39 is 0 Å². The van der Waals surface area contributed by atoms with Crippen molar-refractivity contribution in [3.05, 3.63) is 29.8 Å². The minimum Gasteiger partial charge on any atom is -0.467 e. The van der Waals surface area contributed by atoms with Gasteiger partial charge in [0.05, 0.1) is 12.7 Å². The fourth-order valence-corrected chi connectivity index (χ4v) is 1.46. The molecule has 1 aromatic carbocycles. The van der Waals surface area contributed by atoms with Crippen LogP contribution in [0, 0.1) is 11.3 Å². The second-order valence-corrected chi connectivity index (χ2v) is 3.67. The van der Waals surface area contributed by atoms with Crippen LogP contribution in [0.25, 0.3) is 0 Å². The number of ether oxygens (including phenoxy) is 2. The van der Waals surface area contributed by atoms with Crippen LogP contribution < -0.4 is 14.8 Å². The summed E-state index contributed by atoms with van der Waals surface area (Å²) in [5, 5.41) is 12.0. The second kappa shape index (κ2) is 6.33. The molecule has 1 aromatic heterocycles. The number of hydrogen-bond acceptors (Lipinski definition) is 7. The largest absolute Gasteiger partial charge is 0.467 e. The van der Waals surface area contributed by atoms with E-state index in [1.165, 1.54) is 7.11 Å². The van der Waals surface area contributed by atoms with Crippen molar-refractivity contribution in [2.75, 3.05) is 19.0 Å². The molecule has 0 saturated heterocycles. The normalized spacial score (nSPS) is 9.65. The Labute approximate surface area is 116 Å². The van der Waals surface area contributed by atoms with Gasteiger partial charge < -0.3 is 14.8 Å². The van der Waals surface area contributed by atoms with E-state index in [9.17, 15) is 0 Å². The van der Waals surface area contributed by atoms with Gasteiger partial charge in [-0.1, -0.05) is 12.1 Å². The van der Waals surface area contributed by atoms with E-state index in [1.54, 1.807) is 24.3 Å². The highest BCUT2D eigenvalue weighted by Gasteiger charge is 2.10. The standard InChI is InChI=1S/C13H13N5O2/c1-3-15-11-16-12(19-2)18-13(17-11)20-10-7-5-4-6-9(10)8-14/h4-7H,3H2,1-2H3,(H,15,16,17,18). The van der Waals surface area contributed by atoms with Gasteiger partial charge in [0.2, 0.25) is 5.95 Å². The highest BCUT2D eigenvalue weighted by atomic mass is 16.5. The van der Waals surface area contributed by atoms with Crippen molar-refractivity contribution < 1.29 is 9.47 Å². The highest BCUT2D eigenvalue weighted by Crippen LogP contribution is 2.23. The Morgan fingerprint density at radius 2 is 1.95 bits per heavy atom. The van der Waals surface area contributed by atoms with Crippen molar-refractivity contribution in [3.8, 4) is 23.8 Å². The molecule has 0 saturated carbocycles. The number of para-hydroxylation sites is 1. The molecule has 0 aliphatic carbocycles. The number of hydrogen-bond donors (Lipinski definition) is 1. The average molecular weight is 271 g/mol. The Kier molecular flexibility index (Phi) is 4.29. The number of anilines is 1. The number of methoxy groups -OCH3 is 1. The molecule has 0 atom stereocenters. The molecule has 2 aromatic rings. The van der Waals surface area contributed by atoms with Gasteiger partial charge in [-0.05, 0) is 19.1 Å². The van der Waals surface area contributed by atoms with Crippen LogP contribution in [-0.2, 0) is 0 Å². The first kappa shape index (κ1) is 13.5.